The van der Waals surface area contributed by atoms with Crippen LogP contribution in [0.1, 0.15) is 6.92 Å². The summed E-state index contributed by atoms with van der Waals surface area (Å²) in [6, 6.07) is -1.30. The van der Waals surface area contributed by atoms with E-state index in [2.05, 4.69) is 4.74 Å². The van der Waals surface area contributed by atoms with Crippen molar-refractivity contribution in [2.75, 3.05) is 6.61 Å². The first kappa shape index (κ1) is 14.0. The highest BCUT2D eigenvalue weighted by atomic mass is 16.5. The largest absolute Gasteiger partial charge is 0.463 e. The molecule has 4 atom stereocenters. The molecule has 0 radical (unpaired) electrons. The van der Waals surface area contributed by atoms with Gasteiger partial charge in [0.15, 0.2) is 0 Å². The van der Waals surface area contributed by atoms with E-state index in [1.165, 1.54) is 0 Å². The van der Waals surface area contributed by atoms with E-state index in [0.29, 0.717) is 0 Å². The summed E-state index contributed by atoms with van der Waals surface area (Å²) in [4.78, 5) is 20.5. The van der Waals surface area contributed by atoms with Crippen molar-refractivity contribution in [3.8, 4) is 0 Å². The number of ether oxygens (including phenoxy) is 1. The minimum absolute atomic E-state index is 0.242. The van der Waals surface area contributed by atoms with E-state index >= 15 is 0 Å². The minimum atomic E-state index is -1.65. The second kappa shape index (κ2) is 6.46. The van der Waals surface area contributed by atoms with Gasteiger partial charge in [-0.3, -0.25) is 4.79 Å². The number of aldehydes is 1. The number of rotatable bonds is 6. The third-order valence-electron chi connectivity index (χ3n) is 1.75. The second-order valence-corrected chi connectivity index (χ2v) is 3.06. The van der Waals surface area contributed by atoms with Crippen molar-refractivity contribution in [1.29, 1.82) is 0 Å². The number of hydrogen-bond acceptors (Lipinski definition) is 7. The third kappa shape index (κ3) is 4.84. The summed E-state index contributed by atoms with van der Waals surface area (Å²) in [5.41, 5.74) is 5.11. The highest BCUT2D eigenvalue weighted by molar-refractivity contribution is 5.65. The van der Waals surface area contributed by atoms with Gasteiger partial charge >= 0.3 is 5.97 Å². The number of carbonyl (C=O) groups is 2. The molecular formula is C8H15NO6. The van der Waals surface area contributed by atoms with Crippen molar-refractivity contribution in [1.82, 2.24) is 0 Å². The molecule has 0 aliphatic rings. The Morgan fingerprint density at radius 3 is 2.33 bits per heavy atom. The van der Waals surface area contributed by atoms with Gasteiger partial charge in [-0.25, -0.2) is 0 Å². The van der Waals surface area contributed by atoms with Crippen LogP contribution in [0.15, 0.2) is 0 Å². The maximum atomic E-state index is 10.4. The Morgan fingerprint density at radius 2 is 1.93 bits per heavy atom. The molecule has 0 aromatic rings. The Bertz CT molecular complexity index is 221. The molecule has 5 N–H and O–H groups in total. The Morgan fingerprint density at radius 1 is 1.40 bits per heavy atom. The van der Waals surface area contributed by atoms with Crippen LogP contribution in [0.3, 0.4) is 0 Å². The van der Waals surface area contributed by atoms with Crippen LogP contribution >= 0.6 is 0 Å². The molecule has 0 amide bonds. The molecule has 0 aromatic heterocycles. The zero-order valence-electron chi connectivity index (χ0n) is 8.24. The van der Waals surface area contributed by atoms with E-state index in [-0.39, 0.29) is 6.29 Å². The van der Waals surface area contributed by atoms with Gasteiger partial charge < -0.3 is 30.6 Å². The molecule has 0 aromatic carbocycles. The van der Waals surface area contributed by atoms with Gasteiger partial charge in [-0.05, 0) is 0 Å². The van der Waals surface area contributed by atoms with Crippen LogP contribution in [-0.2, 0) is 14.3 Å². The summed E-state index contributed by atoms with van der Waals surface area (Å²) < 4.78 is 4.40. The maximum Gasteiger partial charge on any atom is 0.302 e. The van der Waals surface area contributed by atoms with Crippen molar-refractivity contribution in [2.24, 2.45) is 5.73 Å². The van der Waals surface area contributed by atoms with Crippen LogP contribution in [0.4, 0.5) is 0 Å². The number of hydrogen-bond donors (Lipinski definition) is 4. The van der Waals surface area contributed by atoms with Gasteiger partial charge in [0.2, 0.25) is 0 Å². The summed E-state index contributed by atoms with van der Waals surface area (Å²) in [5.74, 6) is -0.629. The zero-order valence-corrected chi connectivity index (χ0v) is 8.24. The molecule has 0 fully saturated rings. The maximum absolute atomic E-state index is 10.4. The summed E-state index contributed by atoms with van der Waals surface area (Å²) >= 11 is 0. The molecule has 15 heavy (non-hydrogen) atoms. The highest BCUT2D eigenvalue weighted by Crippen LogP contribution is 2.03. The van der Waals surface area contributed by atoms with E-state index < -0.39 is 36.9 Å². The third-order valence-corrected chi connectivity index (χ3v) is 1.75. The minimum Gasteiger partial charge on any atom is -0.463 e. The lowest BCUT2D eigenvalue weighted by atomic mass is 10.0. The van der Waals surface area contributed by atoms with Crippen LogP contribution in [0, 0.1) is 0 Å². The second-order valence-electron chi connectivity index (χ2n) is 3.06. The topological polar surface area (TPSA) is 130 Å². The smallest absolute Gasteiger partial charge is 0.302 e. The molecule has 0 unspecified atom stereocenters. The molecule has 7 heteroatoms. The SMILES string of the molecule is CC(=O)OC[C@@H](O)[C@@H](O)[C@H](O)[C@H](N)C=O. The number of aliphatic hydroxyl groups is 3. The number of esters is 1. The van der Waals surface area contributed by atoms with Crippen LogP contribution in [0.5, 0.6) is 0 Å². The lowest BCUT2D eigenvalue weighted by Gasteiger charge is -2.24. The average Bonchev–Trinajstić information content (AvgIpc) is 2.22. The zero-order chi connectivity index (χ0) is 12.0. The van der Waals surface area contributed by atoms with Crippen molar-refractivity contribution in [3.63, 3.8) is 0 Å². The summed E-state index contributed by atoms with van der Waals surface area (Å²) in [6.07, 6.45) is -4.50. The molecule has 0 heterocycles. The molecular weight excluding hydrogens is 206 g/mol. The number of nitrogens with two attached hydrogens (primary N) is 1. The summed E-state index contributed by atoms with van der Waals surface area (Å²) in [7, 11) is 0. The summed E-state index contributed by atoms with van der Waals surface area (Å²) in [5, 5.41) is 27.7. The monoisotopic (exact) mass is 221 g/mol. The highest BCUT2D eigenvalue weighted by Gasteiger charge is 2.29. The van der Waals surface area contributed by atoms with Crippen LogP contribution in [0.2, 0.25) is 0 Å². The standard InChI is InChI=1S/C8H15NO6/c1-4(11)15-3-6(12)8(14)7(13)5(9)2-10/h2,5-8,12-14H,3,9H2,1H3/t5-,6-,7-,8-/m1/s1. The molecule has 0 bridgehead atoms. The Kier molecular flexibility index (Phi) is 6.02. The van der Waals surface area contributed by atoms with E-state index in [1.807, 2.05) is 0 Å². The molecule has 0 aliphatic carbocycles. The van der Waals surface area contributed by atoms with Crippen LogP contribution in [0.25, 0.3) is 0 Å². The predicted octanol–water partition coefficient (Wildman–Crippen LogP) is -2.84. The lowest BCUT2D eigenvalue weighted by Crippen LogP contribution is -2.50. The molecule has 7 nitrogen and oxygen atoms in total. The van der Waals surface area contributed by atoms with Gasteiger partial charge in [-0.1, -0.05) is 0 Å². The Hall–Kier alpha value is -1.02. The fourth-order valence-electron chi connectivity index (χ4n) is 0.837. The first-order valence-corrected chi connectivity index (χ1v) is 4.28. The molecule has 0 spiro atoms. The van der Waals surface area contributed by atoms with Crippen LogP contribution in [-0.4, -0.2) is 58.5 Å². The Balaban J connectivity index is 4.11. The molecule has 0 saturated heterocycles. The molecule has 0 rings (SSSR count). The van der Waals surface area contributed by atoms with Gasteiger partial charge in [-0.2, -0.15) is 0 Å². The van der Waals surface area contributed by atoms with Crippen molar-refractivity contribution < 1.29 is 29.6 Å². The first-order chi connectivity index (χ1) is 6.90. The van der Waals surface area contributed by atoms with Gasteiger partial charge in [0.25, 0.3) is 0 Å². The number of aliphatic hydroxyl groups excluding tert-OH is 3. The van der Waals surface area contributed by atoms with Crippen molar-refractivity contribution in [2.45, 2.75) is 31.3 Å². The first-order valence-electron chi connectivity index (χ1n) is 4.28. The van der Waals surface area contributed by atoms with Crippen molar-refractivity contribution in [3.05, 3.63) is 0 Å². The van der Waals surface area contributed by atoms with Gasteiger partial charge in [-0.15, -0.1) is 0 Å². The molecule has 0 aliphatic heterocycles. The normalized spacial score (nSPS) is 18.7. The van der Waals surface area contributed by atoms with Crippen molar-refractivity contribution >= 4 is 12.3 Å². The quantitative estimate of drug-likeness (QED) is 0.280. The molecule has 0 saturated carbocycles. The lowest BCUT2D eigenvalue weighted by molar-refractivity contribution is -0.150. The van der Waals surface area contributed by atoms with Gasteiger partial charge in [0.1, 0.15) is 31.2 Å². The predicted molar refractivity (Wildman–Crippen MR) is 48.7 cm³/mol. The summed E-state index contributed by atoms with van der Waals surface area (Å²) in [6.45, 7) is 0.659. The van der Waals surface area contributed by atoms with Crippen LogP contribution < -0.4 is 5.73 Å². The van der Waals surface area contributed by atoms with Gasteiger partial charge in [0, 0.05) is 6.92 Å². The van der Waals surface area contributed by atoms with E-state index in [9.17, 15) is 24.9 Å². The Labute approximate surface area is 86.5 Å². The van der Waals surface area contributed by atoms with E-state index in [4.69, 9.17) is 5.73 Å². The number of carbonyl (C=O) groups excluding carboxylic acids is 2. The fourth-order valence-corrected chi connectivity index (χ4v) is 0.837. The van der Waals surface area contributed by atoms with E-state index in [0.717, 1.165) is 6.92 Å². The fraction of sp³-hybridized carbons (Fsp3) is 0.750. The van der Waals surface area contributed by atoms with E-state index in [1.54, 1.807) is 0 Å². The average molecular weight is 221 g/mol. The molecule has 88 valence electrons. The van der Waals surface area contributed by atoms with Gasteiger partial charge in [0.05, 0.1) is 6.04 Å².